The Kier molecular flexibility index (Phi) is 8.23. The summed E-state index contributed by atoms with van der Waals surface area (Å²) < 4.78 is 9.99. The number of hydrogen-bond acceptors (Lipinski definition) is 6. The molecule has 148 valence electrons. The van der Waals surface area contributed by atoms with Gasteiger partial charge in [-0.15, -0.1) is 11.3 Å². The van der Waals surface area contributed by atoms with E-state index in [4.69, 9.17) is 9.47 Å². The molecule has 1 atom stereocenters. The number of carbonyl (C=O) groups excluding carboxylic acids is 3. The minimum absolute atomic E-state index is 0.385. The van der Waals surface area contributed by atoms with Crippen molar-refractivity contribution in [2.24, 2.45) is 0 Å². The molecule has 2 aromatic rings. The van der Waals surface area contributed by atoms with E-state index in [1.165, 1.54) is 24.3 Å². The van der Waals surface area contributed by atoms with Gasteiger partial charge in [-0.1, -0.05) is 18.2 Å². The summed E-state index contributed by atoms with van der Waals surface area (Å²) in [5.41, 5.74) is 0.814. The van der Waals surface area contributed by atoms with Gasteiger partial charge in [0.2, 0.25) is 5.91 Å². The lowest BCUT2D eigenvalue weighted by Gasteiger charge is -2.12. The van der Waals surface area contributed by atoms with Crippen LogP contribution in [0.3, 0.4) is 0 Å². The molecule has 0 fully saturated rings. The SMILES string of the molecule is COc1ccc(C=CC(=O)N[C@@H](C)C(=O)OCC(=O)NCc2cccs2)cc1. The van der Waals surface area contributed by atoms with Crippen LogP contribution in [0.25, 0.3) is 6.08 Å². The number of hydrogen-bond donors (Lipinski definition) is 2. The van der Waals surface area contributed by atoms with Gasteiger partial charge in [0.1, 0.15) is 11.8 Å². The highest BCUT2D eigenvalue weighted by atomic mass is 32.1. The molecule has 2 amide bonds. The van der Waals surface area contributed by atoms with Gasteiger partial charge in [-0.05, 0) is 42.1 Å². The molecular weight excluding hydrogens is 380 g/mol. The van der Waals surface area contributed by atoms with Gasteiger partial charge >= 0.3 is 5.97 Å². The second-order valence-corrected chi connectivity index (χ2v) is 6.83. The third-order valence-corrected chi connectivity index (χ3v) is 4.52. The Morgan fingerprint density at radius 3 is 2.57 bits per heavy atom. The molecule has 0 spiro atoms. The van der Waals surface area contributed by atoms with Crippen molar-refractivity contribution in [2.75, 3.05) is 13.7 Å². The van der Waals surface area contributed by atoms with Gasteiger partial charge in [-0.2, -0.15) is 0 Å². The van der Waals surface area contributed by atoms with E-state index in [0.29, 0.717) is 6.54 Å². The summed E-state index contributed by atoms with van der Waals surface area (Å²) in [6, 6.07) is 10.1. The quantitative estimate of drug-likeness (QED) is 0.495. The third kappa shape index (κ3) is 7.24. The van der Waals surface area contributed by atoms with E-state index in [0.717, 1.165) is 16.2 Å². The minimum atomic E-state index is -0.877. The number of thiophene rings is 1. The van der Waals surface area contributed by atoms with E-state index in [9.17, 15) is 14.4 Å². The molecule has 0 aliphatic carbocycles. The number of rotatable bonds is 9. The average molecular weight is 402 g/mol. The lowest BCUT2D eigenvalue weighted by Crippen LogP contribution is -2.40. The van der Waals surface area contributed by atoms with Crippen LogP contribution in [0.2, 0.25) is 0 Å². The lowest BCUT2D eigenvalue weighted by atomic mass is 10.2. The maximum absolute atomic E-state index is 11.9. The minimum Gasteiger partial charge on any atom is -0.497 e. The number of methoxy groups -OCH3 is 1. The Morgan fingerprint density at radius 2 is 1.93 bits per heavy atom. The molecule has 1 aromatic carbocycles. The zero-order valence-electron chi connectivity index (χ0n) is 15.6. The van der Waals surface area contributed by atoms with Crippen molar-refractivity contribution in [3.8, 4) is 5.75 Å². The molecule has 28 heavy (non-hydrogen) atoms. The molecule has 2 N–H and O–H groups in total. The first-order chi connectivity index (χ1) is 13.5. The van der Waals surface area contributed by atoms with Crippen molar-refractivity contribution in [3.05, 3.63) is 58.3 Å². The van der Waals surface area contributed by atoms with Crippen LogP contribution in [-0.4, -0.2) is 37.5 Å². The zero-order chi connectivity index (χ0) is 20.4. The largest absolute Gasteiger partial charge is 0.497 e. The van der Waals surface area contributed by atoms with Gasteiger partial charge in [0, 0.05) is 11.0 Å². The van der Waals surface area contributed by atoms with Gasteiger partial charge in [0.25, 0.3) is 5.91 Å². The van der Waals surface area contributed by atoms with E-state index >= 15 is 0 Å². The number of ether oxygens (including phenoxy) is 2. The van der Waals surface area contributed by atoms with Crippen LogP contribution in [0.4, 0.5) is 0 Å². The van der Waals surface area contributed by atoms with E-state index in [1.54, 1.807) is 37.5 Å². The molecule has 0 bridgehead atoms. The molecule has 1 heterocycles. The van der Waals surface area contributed by atoms with Gasteiger partial charge < -0.3 is 20.1 Å². The molecule has 7 nitrogen and oxygen atoms in total. The highest BCUT2D eigenvalue weighted by Gasteiger charge is 2.17. The Hall–Kier alpha value is -3.13. The summed E-state index contributed by atoms with van der Waals surface area (Å²) in [6.45, 7) is 1.48. The highest BCUT2D eigenvalue weighted by molar-refractivity contribution is 7.09. The summed E-state index contributed by atoms with van der Waals surface area (Å²) >= 11 is 1.52. The standard InChI is InChI=1S/C20H22N2O5S/c1-14(20(25)27-13-19(24)21-12-17-4-3-11-28-17)22-18(23)10-7-15-5-8-16(26-2)9-6-15/h3-11,14H,12-13H2,1-2H3,(H,21,24)(H,22,23)/t14-/m0/s1. The summed E-state index contributed by atoms with van der Waals surface area (Å²) in [5.74, 6) is -0.808. The van der Waals surface area contributed by atoms with E-state index in [1.807, 2.05) is 17.5 Å². The molecule has 0 radical (unpaired) electrons. The van der Waals surface area contributed by atoms with Crippen molar-refractivity contribution in [3.63, 3.8) is 0 Å². The maximum atomic E-state index is 11.9. The zero-order valence-corrected chi connectivity index (χ0v) is 16.5. The van der Waals surface area contributed by atoms with Crippen molar-refractivity contribution in [2.45, 2.75) is 19.5 Å². The molecule has 0 aliphatic rings. The Balaban J connectivity index is 1.70. The normalized spacial score (nSPS) is 11.6. The fourth-order valence-corrected chi connectivity index (χ4v) is 2.76. The van der Waals surface area contributed by atoms with Crippen LogP contribution < -0.4 is 15.4 Å². The predicted molar refractivity (Wildman–Crippen MR) is 107 cm³/mol. The van der Waals surface area contributed by atoms with Crippen LogP contribution >= 0.6 is 11.3 Å². The Morgan fingerprint density at radius 1 is 1.18 bits per heavy atom. The van der Waals surface area contributed by atoms with E-state index in [2.05, 4.69) is 10.6 Å². The van der Waals surface area contributed by atoms with Crippen LogP contribution in [-0.2, 0) is 25.7 Å². The van der Waals surface area contributed by atoms with Gasteiger partial charge in [0.05, 0.1) is 13.7 Å². The summed E-state index contributed by atoms with van der Waals surface area (Å²) in [7, 11) is 1.58. The summed E-state index contributed by atoms with van der Waals surface area (Å²) in [6.07, 6.45) is 2.93. The van der Waals surface area contributed by atoms with Crippen LogP contribution in [0.5, 0.6) is 5.75 Å². The molecule has 0 saturated carbocycles. The molecule has 0 saturated heterocycles. The monoisotopic (exact) mass is 402 g/mol. The smallest absolute Gasteiger partial charge is 0.328 e. The first-order valence-electron chi connectivity index (χ1n) is 8.56. The highest BCUT2D eigenvalue weighted by Crippen LogP contribution is 2.12. The maximum Gasteiger partial charge on any atom is 0.328 e. The van der Waals surface area contributed by atoms with E-state index < -0.39 is 30.4 Å². The molecule has 2 rings (SSSR count). The average Bonchev–Trinajstić information content (AvgIpc) is 3.22. The lowest BCUT2D eigenvalue weighted by molar-refractivity contribution is -0.151. The van der Waals surface area contributed by atoms with E-state index in [-0.39, 0.29) is 0 Å². The van der Waals surface area contributed by atoms with Crippen molar-refractivity contribution in [1.82, 2.24) is 10.6 Å². The van der Waals surface area contributed by atoms with Crippen LogP contribution in [0.15, 0.2) is 47.9 Å². The molecule has 0 unspecified atom stereocenters. The Bertz CT molecular complexity index is 816. The predicted octanol–water partition coefficient (Wildman–Crippen LogP) is 2.13. The summed E-state index contributed by atoms with van der Waals surface area (Å²) in [5, 5.41) is 7.06. The number of nitrogens with one attached hydrogen (secondary N) is 2. The number of carbonyl (C=O) groups is 3. The van der Waals surface area contributed by atoms with Gasteiger partial charge in [-0.3, -0.25) is 9.59 Å². The number of esters is 1. The second-order valence-electron chi connectivity index (χ2n) is 5.80. The fourth-order valence-electron chi connectivity index (χ4n) is 2.12. The Labute approximate surface area is 167 Å². The number of amides is 2. The topological polar surface area (TPSA) is 93.7 Å². The summed E-state index contributed by atoms with van der Waals surface area (Å²) in [4.78, 5) is 36.5. The molecular formula is C20H22N2O5S. The van der Waals surface area contributed by atoms with Gasteiger partial charge in [0.15, 0.2) is 6.61 Å². The molecule has 0 aliphatic heterocycles. The third-order valence-electron chi connectivity index (χ3n) is 3.64. The molecule has 1 aromatic heterocycles. The number of benzene rings is 1. The van der Waals surface area contributed by atoms with Crippen LogP contribution in [0, 0.1) is 0 Å². The van der Waals surface area contributed by atoms with Crippen molar-refractivity contribution >= 4 is 35.2 Å². The fraction of sp³-hybridized carbons (Fsp3) is 0.250. The second kappa shape index (κ2) is 10.9. The first kappa shape index (κ1) is 21.2. The first-order valence-corrected chi connectivity index (χ1v) is 9.44. The van der Waals surface area contributed by atoms with Crippen molar-refractivity contribution in [1.29, 1.82) is 0 Å². The van der Waals surface area contributed by atoms with Gasteiger partial charge in [-0.25, -0.2) is 4.79 Å². The molecule has 8 heteroatoms. The van der Waals surface area contributed by atoms with Crippen molar-refractivity contribution < 1.29 is 23.9 Å². The van der Waals surface area contributed by atoms with Crippen LogP contribution in [0.1, 0.15) is 17.4 Å².